The number of furan rings is 2. The Balaban J connectivity index is 0.000000228. The first-order valence-electron chi connectivity index (χ1n) is 18.4. The molecule has 12 aromatic rings. The number of imidazole rings is 1. The molecule has 0 radical (unpaired) electrons. The number of nitrogens with zero attached hydrogens (tertiary/aromatic N) is 2. The van der Waals surface area contributed by atoms with Gasteiger partial charge in [-0.1, -0.05) is 97.1 Å². The summed E-state index contributed by atoms with van der Waals surface area (Å²) in [6.45, 7) is 0. The normalized spacial score (nSPS) is 11.6. The first-order chi connectivity index (χ1) is 27.2. The Morgan fingerprint density at radius 2 is 1.04 bits per heavy atom. The van der Waals surface area contributed by atoms with E-state index in [2.05, 4.69) is 147 Å². The van der Waals surface area contributed by atoms with Gasteiger partial charge in [0.2, 0.25) is 0 Å². The number of para-hydroxylation sites is 7. The Kier molecular flexibility index (Phi) is 7.07. The van der Waals surface area contributed by atoms with Crippen LogP contribution < -0.4 is 5.32 Å². The van der Waals surface area contributed by atoms with E-state index in [0.29, 0.717) is 0 Å². The minimum atomic E-state index is 0.842. The molecule has 2 N–H and O–H groups in total. The second kappa shape index (κ2) is 12.5. The van der Waals surface area contributed by atoms with E-state index in [-0.39, 0.29) is 0 Å². The summed E-state index contributed by atoms with van der Waals surface area (Å²) in [5, 5.41) is 10.7. The van der Waals surface area contributed by atoms with Crippen molar-refractivity contribution in [1.29, 1.82) is 0 Å². The summed E-state index contributed by atoms with van der Waals surface area (Å²) in [6, 6.07) is 60.4. The Bertz CT molecular complexity index is 3330. The summed E-state index contributed by atoms with van der Waals surface area (Å²) < 4.78 is 14.5. The van der Waals surface area contributed by atoms with Crippen molar-refractivity contribution < 1.29 is 8.83 Å². The lowest BCUT2D eigenvalue weighted by Gasteiger charge is -2.14. The van der Waals surface area contributed by atoms with Crippen LogP contribution in [0.1, 0.15) is 0 Å². The number of benzene rings is 8. The first kappa shape index (κ1) is 31.0. The summed E-state index contributed by atoms with van der Waals surface area (Å²) in [4.78, 5) is 7.99. The fourth-order valence-electron chi connectivity index (χ4n) is 7.90. The zero-order chi connectivity index (χ0) is 36.3. The topological polar surface area (TPSA) is 71.9 Å². The van der Waals surface area contributed by atoms with E-state index < -0.39 is 0 Å². The van der Waals surface area contributed by atoms with Crippen LogP contribution in [0.25, 0.3) is 93.5 Å². The molecule has 0 atom stereocenters. The van der Waals surface area contributed by atoms with Crippen molar-refractivity contribution in [2.45, 2.75) is 0 Å². The molecule has 6 nitrogen and oxygen atoms in total. The average molecular weight is 709 g/mol. The Morgan fingerprint density at radius 3 is 1.85 bits per heavy atom. The van der Waals surface area contributed by atoms with Crippen molar-refractivity contribution in [2.75, 3.05) is 5.32 Å². The van der Waals surface area contributed by atoms with Gasteiger partial charge in [0.05, 0.1) is 33.5 Å². The van der Waals surface area contributed by atoms with Crippen molar-refractivity contribution in [3.63, 3.8) is 0 Å². The number of H-pyrrole nitrogens is 1. The average Bonchev–Trinajstić information content (AvgIpc) is 4.02. The van der Waals surface area contributed by atoms with E-state index >= 15 is 0 Å². The molecule has 0 spiro atoms. The van der Waals surface area contributed by atoms with Crippen LogP contribution in [-0.4, -0.2) is 14.5 Å². The lowest BCUT2D eigenvalue weighted by atomic mass is 10.0. The van der Waals surface area contributed by atoms with E-state index in [1.165, 1.54) is 21.8 Å². The standard InChI is InChI=1S/C37H23N3O2.C12H9N/c1-6-14-33-25(8-1)26-20-23(16-18-34(26)41-33)24-17-19-35-27(21-24)37-30(11-7-15-36(37)42-35)39-29-10-3-5-13-32(29)40-22-38-28-9-2-4-12-31(28)40;1-3-7-11-9(5-1)10-6-2-4-8-12(10)13-11/h1-22,39H;1-8,13H. The zero-order valence-electron chi connectivity index (χ0n) is 29.5. The summed E-state index contributed by atoms with van der Waals surface area (Å²) in [7, 11) is 0. The number of hydrogen-bond donors (Lipinski definition) is 2. The monoisotopic (exact) mass is 708 g/mol. The summed E-state index contributed by atoms with van der Waals surface area (Å²) in [6.07, 6.45) is 1.88. The molecule has 0 saturated heterocycles. The minimum absolute atomic E-state index is 0.842. The first-order valence-corrected chi connectivity index (χ1v) is 18.4. The van der Waals surface area contributed by atoms with Crippen molar-refractivity contribution in [3.05, 3.63) is 182 Å². The molecule has 260 valence electrons. The molecule has 6 heteroatoms. The smallest absolute Gasteiger partial charge is 0.137 e. The molecule has 12 rings (SSSR count). The van der Waals surface area contributed by atoms with Gasteiger partial charge in [0.1, 0.15) is 28.7 Å². The zero-order valence-corrected chi connectivity index (χ0v) is 29.5. The molecule has 0 amide bonds. The predicted molar refractivity (Wildman–Crippen MR) is 227 cm³/mol. The number of fused-ring (bicyclic) bond motifs is 10. The Hall–Kier alpha value is -7.57. The number of anilines is 2. The highest BCUT2D eigenvalue weighted by Crippen LogP contribution is 2.40. The molecule has 4 aromatic heterocycles. The SMILES string of the molecule is c1ccc(-n2cnc3ccccc32)c(Nc2cccc3oc4ccc(-c5ccc6oc7ccccc7c6c5)cc4c23)c1.c1ccc2c(c1)[nH]c1ccccc12. The number of aromatic amines is 1. The highest BCUT2D eigenvalue weighted by atomic mass is 16.3. The van der Waals surface area contributed by atoms with Crippen molar-refractivity contribution >= 4 is 88.1 Å². The van der Waals surface area contributed by atoms with E-state index in [1.54, 1.807) is 0 Å². The highest BCUT2D eigenvalue weighted by Gasteiger charge is 2.16. The molecule has 0 aliphatic rings. The lowest BCUT2D eigenvalue weighted by Crippen LogP contribution is -1.99. The molecule has 0 fully saturated rings. The largest absolute Gasteiger partial charge is 0.456 e. The molecule has 0 aliphatic carbocycles. The molecule has 0 unspecified atom stereocenters. The molecular formula is C49H32N4O2. The summed E-state index contributed by atoms with van der Waals surface area (Å²) >= 11 is 0. The van der Waals surface area contributed by atoms with Gasteiger partial charge in [0.15, 0.2) is 0 Å². The van der Waals surface area contributed by atoms with E-state index in [0.717, 1.165) is 83.1 Å². The van der Waals surface area contributed by atoms with Crippen LogP contribution in [0.15, 0.2) is 191 Å². The maximum Gasteiger partial charge on any atom is 0.137 e. The van der Waals surface area contributed by atoms with E-state index in [1.807, 2.05) is 54.9 Å². The van der Waals surface area contributed by atoms with Crippen molar-refractivity contribution in [1.82, 2.24) is 14.5 Å². The second-order valence-electron chi connectivity index (χ2n) is 13.8. The molecule has 0 saturated carbocycles. The molecule has 0 aliphatic heterocycles. The van der Waals surface area contributed by atoms with Gasteiger partial charge in [0, 0.05) is 38.0 Å². The Labute approximate surface area is 314 Å². The molecule has 8 aromatic carbocycles. The second-order valence-corrected chi connectivity index (χ2v) is 13.8. The lowest BCUT2D eigenvalue weighted by molar-refractivity contribution is 0.668. The summed E-state index contributed by atoms with van der Waals surface area (Å²) in [5.74, 6) is 0. The van der Waals surface area contributed by atoms with Crippen LogP contribution in [-0.2, 0) is 0 Å². The third-order valence-corrected chi connectivity index (χ3v) is 10.5. The molecule has 4 heterocycles. The molecule has 0 bridgehead atoms. The van der Waals surface area contributed by atoms with Crippen LogP contribution in [0.2, 0.25) is 0 Å². The number of aromatic nitrogens is 3. The van der Waals surface area contributed by atoms with Crippen LogP contribution in [0, 0.1) is 0 Å². The van der Waals surface area contributed by atoms with Crippen LogP contribution in [0.4, 0.5) is 11.4 Å². The van der Waals surface area contributed by atoms with Crippen LogP contribution in [0.5, 0.6) is 0 Å². The van der Waals surface area contributed by atoms with Crippen molar-refractivity contribution in [3.8, 4) is 16.8 Å². The van der Waals surface area contributed by atoms with Gasteiger partial charge < -0.3 is 19.1 Å². The fraction of sp³-hybridized carbons (Fsp3) is 0. The van der Waals surface area contributed by atoms with Crippen molar-refractivity contribution in [2.24, 2.45) is 0 Å². The van der Waals surface area contributed by atoms with Gasteiger partial charge in [-0.05, 0) is 90.0 Å². The van der Waals surface area contributed by atoms with Gasteiger partial charge in [-0.2, -0.15) is 0 Å². The van der Waals surface area contributed by atoms with E-state index in [9.17, 15) is 0 Å². The Morgan fingerprint density at radius 1 is 0.455 bits per heavy atom. The van der Waals surface area contributed by atoms with Gasteiger partial charge in [0.25, 0.3) is 0 Å². The van der Waals surface area contributed by atoms with E-state index in [4.69, 9.17) is 8.83 Å². The molecular weight excluding hydrogens is 677 g/mol. The van der Waals surface area contributed by atoms with Gasteiger partial charge in [-0.25, -0.2) is 4.98 Å². The molecule has 55 heavy (non-hydrogen) atoms. The van der Waals surface area contributed by atoms with Crippen LogP contribution >= 0.6 is 0 Å². The number of rotatable bonds is 4. The quantitative estimate of drug-likeness (QED) is 0.191. The highest BCUT2D eigenvalue weighted by molar-refractivity contribution is 6.14. The van der Waals surface area contributed by atoms with Crippen LogP contribution in [0.3, 0.4) is 0 Å². The number of nitrogens with one attached hydrogen (secondary N) is 2. The maximum absolute atomic E-state index is 6.33. The van der Waals surface area contributed by atoms with Gasteiger partial charge in [-0.15, -0.1) is 0 Å². The number of hydrogen-bond acceptors (Lipinski definition) is 4. The van der Waals surface area contributed by atoms with Gasteiger partial charge in [-0.3, -0.25) is 4.57 Å². The van der Waals surface area contributed by atoms with Gasteiger partial charge >= 0.3 is 0 Å². The third kappa shape index (κ3) is 5.23. The third-order valence-electron chi connectivity index (χ3n) is 10.5. The summed E-state index contributed by atoms with van der Waals surface area (Å²) in [5.41, 5.74) is 13.2. The predicted octanol–water partition coefficient (Wildman–Crippen LogP) is 13.6. The minimum Gasteiger partial charge on any atom is -0.456 e. The maximum atomic E-state index is 6.33. The fourth-order valence-corrected chi connectivity index (χ4v) is 7.90.